The van der Waals surface area contributed by atoms with Gasteiger partial charge in [-0.2, -0.15) is 0 Å². The zero-order valence-corrected chi connectivity index (χ0v) is 25.3. The third kappa shape index (κ3) is 4.00. The number of furan rings is 1. The van der Waals surface area contributed by atoms with Gasteiger partial charge in [-0.1, -0.05) is 121 Å². The maximum absolute atomic E-state index is 6.55. The van der Waals surface area contributed by atoms with E-state index in [4.69, 9.17) is 14.4 Å². The highest BCUT2D eigenvalue weighted by Gasteiger charge is 2.16. The van der Waals surface area contributed by atoms with Crippen LogP contribution >= 0.6 is 0 Å². The van der Waals surface area contributed by atoms with E-state index in [1.54, 1.807) is 12.4 Å². The van der Waals surface area contributed by atoms with Crippen LogP contribution in [0.4, 0.5) is 0 Å². The molecule has 2 heterocycles. The molecule has 0 fully saturated rings. The lowest BCUT2D eigenvalue weighted by molar-refractivity contribution is 0.670. The van der Waals surface area contributed by atoms with Gasteiger partial charge in [0, 0.05) is 39.5 Å². The summed E-state index contributed by atoms with van der Waals surface area (Å²) in [6.07, 6.45) is 3.56. The molecule has 0 atom stereocenters. The molecule has 0 amide bonds. The summed E-state index contributed by atoms with van der Waals surface area (Å²) in [5.41, 5.74) is 10.6. The first-order valence-electron chi connectivity index (χ1n) is 15.9. The minimum absolute atomic E-state index is 0.914. The van der Waals surface area contributed by atoms with Crippen LogP contribution in [0.5, 0.6) is 0 Å². The van der Waals surface area contributed by atoms with Crippen molar-refractivity contribution in [3.05, 3.63) is 158 Å². The highest BCUT2D eigenvalue weighted by Crippen LogP contribution is 2.40. The molecule has 218 valence electrons. The largest absolute Gasteiger partial charge is 0.455 e. The van der Waals surface area contributed by atoms with E-state index < -0.39 is 0 Å². The molecule has 10 rings (SSSR count). The van der Waals surface area contributed by atoms with Crippen molar-refractivity contribution in [1.29, 1.82) is 0 Å². The molecule has 0 aliphatic carbocycles. The van der Waals surface area contributed by atoms with Gasteiger partial charge in [0.1, 0.15) is 11.2 Å². The van der Waals surface area contributed by atoms with Crippen LogP contribution in [-0.4, -0.2) is 9.97 Å². The number of nitrogens with zero attached hydrogens (tertiary/aromatic N) is 2. The van der Waals surface area contributed by atoms with Gasteiger partial charge in [0.25, 0.3) is 0 Å². The lowest BCUT2D eigenvalue weighted by Crippen LogP contribution is -1.89. The molecule has 8 aromatic carbocycles. The Balaban J connectivity index is 1.09. The predicted molar refractivity (Wildman–Crippen MR) is 196 cm³/mol. The summed E-state index contributed by atoms with van der Waals surface area (Å²) in [6.45, 7) is 0. The van der Waals surface area contributed by atoms with Crippen molar-refractivity contribution in [1.82, 2.24) is 9.97 Å². The van der Waals surface area contributed by atoms with E-state index >= 15 is 0 Å². The van der Waals surface area contributed by atoms with Gasteiger partial charge in [0.15, 0.2) is 0 Å². The zero-order valence-electron chi connectivity index (χ0n) is 25.3. The fraction of sp³-hybridized carbons (Fsp3) is 0. The van der Waals surface area contributed by atoms with Crippen LogP contribution in [0, 0.1) is 0 Å². The van der Waals surface area contributed by atoms with Gasteiger partial charge in [0.2, 0.25) is 0 Å². The Morgan fingerprint density at radius 2 is 0.979 bits per heavy atom. The number of para-hydroxylation sites is 1. The number of rotatable bonds is 3. The summed E-state index contributed by atoms with van der Waals surface area (Å²) in [5.74, 6) is 0. The Labute approximate surface area is 270 Å². The fourth-order valence-corrected chi connectivity index (χ4v) is 7.35. The lowest BCUT2D eigenvalue weighted by atomic mass is 9.93. The molecule has 0 unspecified atom stereocenters. The van der Waals surface area contributed by atoms with Crippen LogP contribution in [0.25, 0.3) is 98.7 Å². The smallest absolute Gasteiger partial charge is 0.143 e. The van der Waals surface area contributed by atoms with E-state index in [-0.39, 0.29) is 0 Å². The monoisotopic (exact) mass is 598 g/mol. The molecule has 47 heavy (non-hydrogen) atoms. The molecule has 3 heteroatoms. The Bertz CT molecular complexity index is 2830. The third-order valence-corrected chi connectivity index (χ3v) is 9.54. The number of fused-ring (bicyclic) bond motifs is 11. The minimum atomic E-state index is 0.914. The topological polar surface area (TPSA) is 38.9 Å². The van der Waals surface area contributed by atoms with Crippen molar-refractivity contribution >= 4 is 65.3 Å². The Hall–Kier alpha value is -6.32. The van der Waals surface area contributed by atoms with Crippen molar-refractivity contribution in [3.8, 4) is 33.4 Å². The molecule has 0 N–H and O–H groups in total. The average Bonchev–Trinajstić information content (AvgIpc) is 3.54. The first-order chi connectivity index (χ1) is 23.3. The summed E-state index contributed by atoms with van der Waals surface area (Å²) >= 11 is 0. The van der Waals surface area contributed by atoms with Gasteiger partial charge < -0.3 is 4.42 Å². The van der Waals surface area contributed by atoms with E-state index in [2.05, 4.69) is 146 Å². The first kappa shape index (κ1) is 26.0. The first-order valence-corrected chi connectivity index (χ1v) is 15.9. The lowest BCUT2D eigenvalue weighted by Gasteiger charge is -2.12. The van der Waals surface area contributed by atoms with Crippen LogP contribution in [0.15, 0.2) is 162 Å². The number of hydrogen-bond donors (Lipinski definition) is 0. The number of aromatic nitrogens is 2. The van der Waals surface area contributed by atoms with E-state index in [1.807, 2.05) is 0 Å². The molecule has 10 aromatic rings. The van der Waals surface area contributed by atoms with E-state index in [0.717, 1.165) is 71.7 Å². The second kappa shape index (κ2) is 10.1. The summed E-state index contributed by atoms with van der Waals surface area (Å²) in [4.78, 5) is 9.50. The minimum Gasteiger partial charge on any atom is -0.455 e. The average molecular weight is 599 g/mol. The van der Waals surface area contributed by atoms with Gasteiger partial charge in [-0.05, 0) is 73.6 Å². The van der Waals surface area contributed by atoms with E-state index in [1.165, 1.54) is 26.9 Å². The second-order valence-electron chi connectivity index (χ2n) is 12.2. The SMILES string of the molecule is c1cc(-c2cccc(-c3cccc4c3oc3ccc5ccccc5c34)c2)cc(-c2ccc3c4ccccc4c4nccnc4c3c2)c1. The fourth-order valence-electron chi connectivity index (χ4n) is 7.35. The Morgan fingerprint density at radius 1 is 0.383 bits per heavy atom. The van der Waals surface area contributed by atoms with Gasteiger partial charge >= 0.3 is 0 Å². The predicted octanol–water partition coefficient (Wildman–Crippen LogP) is 12.0. The summed E-state index contributed by atoms with van der Waals surface area (Å²) in [6, 6.07) is 52.0. The van der Waals surface area contributed by atoms with Crippen LogP contribution < -0.4 is 0 Å². The second-order valence-corrected chi connectivity index (χ2v) is 12.2. The summed E-state index contributed by atoms with van der Waals surface area (Å²) < 4.78 is 6.55. The highest BCUT2D eigenvalue weighted by molar-refractivity contribution is 6.23. The molecule has 0 bridgehead atoms. The molecule has 0 spiro atoms. The third-order valence-electron chi connectivity index (χ3n) is 9.54. The molecule has 0 saturated heterocycles. The normalized spacial score (nSPS) is 11.8. The zero-order chi connectivity index (χ0) is 30.9. The molecule has 0 aliphatic heterocycles. The van der Waals surface area contributed by atoms with Crippen molar-refractivity contribution in [3.63, 3.8) is 0 Å². The molecule has 0 radical (unpaired) electrons. The molecule has 2 aromatic heterocycles. The van der Waals surface area contributed by atoms with Crippen LogP contribution in [0.3, 0.4) is 0 Å². The van der Waals surface area contributed by atoms with Gasteiger partial charge in [-0.15, -0.1) is 0 Å². The quantitative estimate of drug-likeness (QED) is 0.190. The molecule has 0 saturated carbocycles. The van der Waals surface area contributed by atoms with Crippen LogP contribution in [0.2, 0.25) is 0 Å². The summed E-state index contributed by atoms with van der Waals surface area (Å²) in [7, 11) is 0. The highest BCUT2D eigenvalue weighted by atomic mass is 16.3. The van der Waals surface area contributed by atoms with Crippen molar-refractivity contribution in [2.45, 2.75) is 0 Å². The van der Waals surface area contributed by atoms with Crippen molar-refractivity contribution < 1.29 is 4.42 Å². The van der Waals surface area contributed by atoms with Crippen molar-refractivity contribution in [2.24, 2.45) is 0 Å². The van der Waals surface area contributed by atoms with Crippen LogP contribution in [0.1, 0.15) is 0 Å². The van der Waals surface area contributed by atoms with Gasteiger partial charge in [-0.3, -0.25) is 9.97 Å². The standard InChI is InChI=1S/C44H26N2O/c1-2-13-33-27(8-1)19-21-40-41(33)38-17-7-16-34(44(38)47-40)32-12-6-11-30(25-32)28-9-5-10-29(24-28)31-18-20-36-35-14-3-4-15-37(35)42-43(39(36)26-31)46-23-22-45-42/h1-26H. The Kier molecular flexibility index (Phi) is 5.57. The van der Waals surface area contributed by atoms with E-state index in [9.17, 15) is 0 Å². The number of benzene rings is 8. The Morgan fingerprint density at radius 3 is 1.79 bits per heavy atom. The number of hydrogen-bond acceptors (Lipinski definition) is 3. The van der Waals surface area contributed by atoms with Gasteiger partial charge in [-0.25, -0.2) is 0 Å². The molecule has 3 nitrogen and oxygen atoms in total. The van der Waals surface area contributed by atoms with E-state index in [0.29, 0.717) is 0 Å². The maximum Gasteiger partial charge on any atom is 0.143 e. The summed E-state index contributed by atoms with van der Waals surface area (Å²) in [5, 5.41) is 9.38. The van der Waals surface area contributed by atoms with Gasteiger partial charge in [0.05, 0.1) is 11.0 Å². The van der Waals surface area contributed by atoms with Crippen molar-refractivity contribution in [2.75, 3.05) is 0 Å². The molecular formula is C44H26N2O. The maximum atomic E-state index is 6.55. The molecule has 0 aliphatic rings. The molecular weight excluding hydrogens is 572 g/mol. The van der Waals surface area contributed by atoms with Crippen LogP contribution in [-0.2, 0) is 0 Å².